The monoisotopic (exact) mass is 230 g/mol. The minimum absolute atomic E-state index is 0.192. The Morgan fingerprint density at radius 1 is 1.35 bits per heavy atom. The zero-order valence-electron chi connectivity index (χ0n) is 8.45. The van der Waals surface area contributed by atoms with Crippen molar-refractivity contribution in [2.45, 2.75) is 0 Å². The molecule has 0 aliphatic carbocycles. The van der Waals surface area contributed by atoms with E-state index in [0.717, 1.165) is 0 Å². The van der Waals surface area contributed by atoms with E-state index in [0.29, 0.717) is 16.8 Å². The van der Waals surface area contributed by atoms with Crippen LogP contribution in [0.3, 0.4) is 0 Å². The van der Waals surface area contributed by atoms with Crippen LogP contribution in [-0.2, 0) is 0 Å². The standard InChI is InChI=1S/C10H6N4O3/c15-14(16)9-5-7(12-13-9)10-11-6-3-1-2-4-8(6)17-10/h1-5H,(H,12,13). The summed E-state index contributed by atoms with van der Waals surface area (Å²) in [4.78, 5) is 14.1. The molecule has 0 radical (unpaired) electrons. The summed E-state index contributed by atoms with van der Waals surface area (Å²) in [5.74, 6) is 0.0674. The first-order valence-electron chi connectivity index (χ1n) is 4.80. The molecule has 2 aromatic heterocycles. The van der Waals surface area contributed by atoms with E-state index in [-0.39, 0.29) is 11.7 Å². The predicted octanol–water partition coefficient (Wildman–Crippen LogP) is 2.13. The molecular formula is C10H6N4O3. The van der Waals surface area contributed by atoms with Crippen LogP contribution >= 0.6 is 0 Å². The fraction of sp³-hybridized carbons (Fsp3) is 0. The molecule has 17 heavy (non-hydrogen) atoms. The minimum Gasteiger partial charge on any atom is -0.435 e. The van der Waals surface area contributed by atoms with E-state index >= 15 is 0 Å². The normalized spacial score (nSPS) is 10.8. The molecule has 0 unspecified atom stereocenters. The zero-order chi connectivity index (χ0) is 11.8. The number of hydrogen-bond acceptors (Lipinski definition) is 5. The Morgan fingerprint density at radius 2 is 2.18 bits per heavy atom. The first kappa shape index (κ1) is 9.52. The lowest BCUT2D eigenvalue weighted by molar-refractivity contribution is -0.389. The van der Waals surface area contributed by atoms with Crippen molar-refractivity contribution in [2.75, 3.05) is 0 Å². The third-order valence-corrected chi connectivity index (χ3v) is 2.27. The van der Waals surface area contributed by atoms with Crippen molar-refractivity contribution in [2.24, 2.45) is 0 Å². The molecule has 0 spiro atoms. The van der Waals surface area contributed by atoms with Gasteiger partial charge in [-0.1, -0.05) is 17.2 Å². The van der Waals surface area contributed by atoms with Gasteiger partial charge in [-0.25, -0.2) is 4.98 Å². The molecule has 2 heterocycles. The van der Waals surface area contributed by atoms with E-state index in [9.17, 15) is 10.1 Å². The van der Waals surface area contributed by atoms with Gasteiger partial charge >= 0.3 is 5.82 Å². The van der Waals surface area contributed by atoms with Gasteiger partial charge in [0.15, 0.2) is 11.3 Å². The summed E-state index contributed by atoms with van der Waals surface area (Å²) in [5.41, 5.74) is 1.62. The number of aromatic nitrogens is 3. The average molecular weight is 230 g/mol. The van der Waals surface area contributed by atoms with Crippen molar-refractivity contribution in [3.8, 4) is 11.6 Å². The number of nitrogens with zero attached hydrogens (tertiary/aromatic N) is 3. The lowest BCUT2D eigenvalue weighted by Gasteiger charge is -1.84. The minimum atomic E-state index is -0.556. The highest BCUT2D eigenvalue weighted by molar-refractivity contribution is 5.75. The Kier molecular flexibility index (Phi) is 1.91. The number of benzene rings is 1. The summed E-state index contributed by atoms with van der Waals surface area (Å²) in [5, 5.41) is 16.6. The van der Waals surface area contributed by atoms with Gasteiger partial charge in [0, 0.05) is 0 Å². The largest absolute Gasteiger partial charge is 0.435 e. The number of para-hydroxylation sites is 2. The topological polar surface area (TPSA) is 97.8 Å². The van der Waals surface area contributed by atoms with Gasteiger partial charge in [0.2, 0.25) is 0 Å². The van der Waals surface area contributed by atoms with Gasteiger partial charge in [-0.2, -0.15) is 0 Å². The summed E-state index contributed by atoms with van der Waals surface area (Å²) in [6.45, 7) is 0. The molecule has 0 aliphatic heterocycles. The summed E-state index contributed by atoms with van der Waals surface area (Å²) < 4.78 is 5.43. The number of aromatic amines is 1. The predicted molar refractivity (Wildman–Crippen MR) is 58.2 cm³/mol. The number of nitrogens with one attached hydrogen (secondary N) is 1. The number of fused-ring (bicyclic) bond motifs is 1. The van der Waals surface area contributed by atoms with Crippen molar-refractivity contribution in [3.05, 3.63) is 40.4 Å². The Morgan fingerprint density at radius 3 is 2.88 bits per heavy atom. The maximum absolute atomic E-state index is 10.5. The Labute approximate surface area is 94.2 Å². The summed E-state index contributed by atoms with van der Waals surface area (Å²) in [7, 11) is 0. The SMILES string of the molecule is O=[N+]([O-])c1cc(-c2nc3ccccc3o2)n[nH]1. The van der Waals surface area contributed by atoms with Crippen LogP contribution in [0.2, 0.25) is 0 Å². The van der Waals surface area contributed by atoms with E-state index < -0.39 is 4.92 Å². The van der Waals surface area contributed by atoms with Gasteiger partial charge in [0.25, 0.3) is 5.89 Å². The second kappa shape index (κ2) is 3.41. The summed E-state index contributed by atoms with van der Waals surface area (Å²) in [6, 6.07) is 8.51. The van der Waals surface area contributed by atoms with Crippen LogP contribution in [-0.4, -0.2) is 20.1 Å². The first-order chi connectivity index (χ1) is 8.24. The molecule has 3 aromatic rings. The fourth-order valence-corrected chi connectivity index (χ4v) is 1.50. The number of hydrogen-bond donors (Lipinski definition) is 1. The molecule has 0 saturated carbocycles. The molecule has 1 N–H and O–H groups in total. The van der Waals surface area contributed by atoms with Gasteiger partial charge in [-0.3, -0.25) is 0 Å². The van der Waals surface area contributed by atoms with Gasteiger partial charge in [-0.15, -0.1) is 5.10 Å². The molecule has 0 amide bonds. The molecule has 3 rings (SSSR count). The summed E-state index contributed by atoms with van der Waals surface area (Å²) in [6.07, 6.45) is 0. The third kappa shape index (κ3) is 1.53. The van der Waals surface area contributed by atoms with Crippen molar-refractivity contribution in [1.82, 2.24) is 15.2 Å². The molecule has 0 bridgehead atoms. The zero-order valence-corrected chi connectivity index (χ0v) is 8.45. The molecule has 7 nitrogen and oxygen atoms in total. The quantitative estimate of drug-likeness (QED) is 0.537. The van der Waals surface area contributed by atoms with Crippen molar-refractivity contribution < 1.29 is 9.34 Å². The second-order valence-electron chi connectivity index (χ2n) is 3.38. The van der Waals surface area contributed by atoms with Crippen LogP contribution in [0.5, 0.6) is 0 Å². The highest BCUT2D eigenvalue weighted by Crippen LogP contribution is 2.24. The smallest absolute Gasteiger partial charge is 0.343 e. The van der Waals surface area contributed by atoms with Crippen molar-refractivity contribution >= 4 is 16.9 Å². The second-order valence-corrected chi connectivity index (χ2v) is 3.38. The number of oxazole rings is 1. The lowest BCUT2D eigenvalue weighted by Crippen LogP contribution is -1.86. The molecular weight excluding hydrogens is 224 g/mol. The molecule has 0 aliphatic rings. The molecule has 0 saturated heterocycles. The number of H-pyrrole nitrogens is 1. The van der Waals surface area contributed by atoms with Crippen LogP contribution in [0, 0.1) is 10.1 Å². The van der Waals surface area contributed by atoms with Crippen LogP contribution in [0.25, 0.3) is 22.7 Å². The van der Waals surface area contributed by atoms with E-state index in [1.54, 1.807) is 12.1 Å². The maximum atomic E-state index is 10.5. The van der Waals surface area contributed by atoms with E-state index in [2.05, 4.69) is 15.2 Å². The van der Waals surface area contributed by atoms with Crippen molar-refractivity contribution in [3.63, 3.8) is 0 Å². The average Bonchev–Trinajstić information content (AvgIpc) is 2.95. The van der Waals surface area contributed by atoms with Crippen LogP contribution < -0.4 is 0 Å². The highest BCUT2D eigenvalue weighted by atomic mass is 16.6. The maximum Gasteiger partial charge on any atom is 0.343 e. The Bertz CT molecular complexity index is 667. The van der Waals surface area contributed by atoms with Gasteiger partial charge in [-0.05, 0) is 17.1 Å². The van der Waals surface area contributed by atoms with Gasteiger partial charge in [0.1, 0.15) is 5.52 Å². The highest BCUT2D eigenvalue weighted by Gasteiger charge is 2.16. The molecule has 0 atom stereocenters. The van der Waals surface area contributed by atoms with E-state index in [1.165, 1.54) is 6.07 Å². The third-order valence-electron chi connectivity index (χ3n) is 2.27. The molecule has 7 heteroatoms. The summed E-state index contributed by atoms with van der Waals surface area (Å²) >= 11 is 0. The molecule has 84 valence electrons. The lowest BCUT2D eigenvalue weighted by atomic mass is 10.3. The van der Waals surface area contributed by atoms with Crippen LogP contribution in [0.4, 0.5) is 5.82 Å². The molecule has 0 fully saturated rings. The van der Waals surface area contributed by atoms with E-state index in [4.69, 9.17) is 4.42 Å². The van der Waals surface area contributed by atoms with Gasteiger partial charge in [0.05, 0.1) is 6.07 Å². The Hall–Kier alpha value is -2.70. The fourth-order valence-electron chi connectivity index (χ4n) is 1.50. The van der Waals surface area contributed by atoms with E-state index in [1.807, 2.05) is 12.1 Å². The van der Waals surface area contributed by atoms with Gasteiger partial charge < -0.3 is 14.5 Å². The number of rotatable bonds is 2. The molecule has 1 aromatic carbocycles. The van der Waals surface area contributed by atoms with Crippen LogP contribution in [0.15, 0.2) is 34.7 Å². The first-order valence-corrected chi connectivity index (χ1v) is 4.80. The van der Waals surface area contributed by atoms with Crippen molar-refractivity contribution in [1.29, 1.82) is 0 Å². The number of nitro groups is 1. The van der Waals surface area contributed by atoms with Crippen LogP contribution in [0.1, 0.15) is 0 Å². The Balaban J connectivity index is 2.10.